The van der Waals surface area contributed by atoms with Crippen molar-refractivity contribution in [2.75, 3.05) is 49.4 Å². The first-order valence-electron chi connectivity index (χ1n) is 11.8. The van der Waals surface area contributed by atoms with Crippen LogP contribution in [0.3, 0.4) is 0 Å². The van der Waals surface area contributed by atoms with Crippen LogP contribution in [0.5, 0.6) is 5.75 Å². The smallest absolute Gasteiger partial charge is 0.337 e. The van der Waals surface area contributed by atoms with Gasteiger partial charge in [0.15, 0.2) is 0 Å². The Bertz CT molecular complexity index is 1070. The summed E-state index contributed by atoms with van der Waals surface area (Å²) in [4.78, 5) is 24.4. The van der Waals surface area contributed by atoms with Crippen LogP contribution in [-0.4, -0.2) is 71.5 Å². The molecular formula is C24H30N4O5S. The monoisotopic (exact) mass is 486 g/mol. The van der Waals surface area contributed by atoms with Crippen LogP contribution in [-0.2, 0) is 26.7 Å². The topological polar surface area (TPSA) is 103 Å². The Morgan fingerprint density at radius 2 is 1.97 bits per heavy atom. The minimum absolute atomic E-state index is 0.0471. The molecule has 10 heteroatoms. The highest BCUT2D eigenvalue weighted by Gasteiger charge is 2.30. The molecule has 2 aromatic rings. The maximum Gasteiger partial charge on any atom is 0.337 e. The molecule has 1 aromatic heterocycles. The van der Waals surface area contributed by atoms with Crippen molar-refractivity contribution in [1.29, 1.82) is 0 Å². The van der Waals surface area contributed by atoms with E-state index < -0.39 is 10.8 Å². The molecule has 2 saturated heterocycles. The van der Waals surface area contributed by atoms with Crippen molar-refractivity contribution in [1.82, 2.24) is 9.97 Å². The molecule has 9 nitrogen and oxygen atoms in total. The van der Waals surface area contributed by atoms with Gasteiger partial charge < -0.3 is 24.4 Å². The summed E-state index contributed by atoms with van der Waals surface area (Å²) in [6.07, 6.45) is 4.23. The Hall–Kier alpha value is -2.72. The van der Waals surface area contributed by atoms with E-state index >= 15 is 0 Å². The zero-order valence-electron chi connectivity index (χ0n) is 19.3. The predicted octanol–water partition coefficient (Wildman–Crippen LogP) is 2.57. The van der Waals surface area contributed by atoms with Crippen molar-refractivity contribution >= 4 is 28.5 Å². The largest absolute Gasteiger partial charge is 0.490 e. The number of methoxy groups -OCH3 is 1. The fourth-order valence-electron chi connectivity index (χ4n) is 4.64. The summed E-state index contributed by atoms with van der Waals surface area (Å²) >= 11 is 0. The fourth-order valence-corrected chi connectivity index (χ4v) is 5.95. The highest BCUT2D eigenvalue weighted by Crippen LogP contribution is 2.32. The normalized spacial score (nSPS) is 21.2. The minimum Gasteiger partial charge on any atom is -0.490 e. The van der Waals surface area contributed by atoms with Gasteiger partial charge in [0.2, 0.25) is 5.95 Å². The molecule has 0 bridgehead atoms. The summed E-state index contributed by atoms with van der Waals surface area (Å²) < 4.78 is 29.0. The molecule has 5 rings (SSSR count). The molecule has 3 aliphatic rings. The molecule has 0 saturated carbocycles. The highest BCUT2D eigenvalue weighted by atomic mass is 32.2. The average molecular weight is 487 g/mol. The molecule has 1 atom stereocenters. The number of ether oxygens (including phenoxy) is 3. The third-order valence-corrected chi connectivity index (χ3v) is 7.98. The van der Waals surface area contributed by atoms with E-state index in [4.69, 9.17) is 24.2 Å². The molecule has 3 aliphatic heterocycles. The van der Waals surface area contributed by atoms with Crippen LogP contribution in [0.1, 0.15) is 41.7 Å². The SMILES string of the molecule is COC(=O)c1cccc(OC2CCN(c3nc4c(c(NC5CCOCC5)n3)S(=O)CC4)CC2)c1. The molecule has 1 N–H and O–H groups in total. The quantitative estimate of drug-likeness (QED) is 0.617. The van der Waals surface area contributed by atoms with E-state index in [1.807, 2.05) is 6.07 Å². The number of hydrogen-bond acceptors (Lipinski definition) is 9. The van der Waals surface area contributed by atoms with Crippen LogP contribution in [0.15, 0.2) is 29.2 Å². The number of aryl methyl sites for hydroxylation is 1. The second-order valence-corrected chi connectivity index (χ2v) is 10.3. The summed E-state index contributed by atoms with van der Waals surface area (Å²) in [5, 5.41) is 3.54. The summed E-state index contributed by atoms with van der Waals surface area (Å²) in [5.41, 5.74) is 1.38. The standard InChI is InChI=1S/C24H30N4O5S/c1-31-23(29)16-3-2-4-19(15-16)33-18-5-10-28(11-6-18)24-26-20-9-14-34(30)21(20)22(27-24)25-17-7-12-32-13-8-17/h2-4,15,17-18H,5-14H2,1H3,(H,25,26,27). The molecule has 182 valence electrons. The van der Waals surface area contributed by atoms with Gasteiger partial charge in [0.05, 0.1) is 29.2 Å². The molecule has 0 spiro atoms. The van der Waals surface area contributed by atoms with Gasteiger partial charge in [0, 0.05) is 57.4 Å². The number of fused-ring (bicyclic) bond motifs is 1. The maximum atomic E-state index is 12.6. The van der Waals surface area contributed by atoms with Crippen molar-refractivity contribution in [3.8, 4) is 5.75 Å². The van der Waals surface area contributed by atoms with Crippen LogP contribution in [0.4, 0.5) is 11.8 Å². The van der Waals surface area contributed by atoms with E-state index in [9.17, 15) is 9.00 Å². The average Bonchev–Trinajstić information content (AvgIpc) is 3.25. The third-order valence-electron chi connectivity index (χ3n) is 6.52. The first kappa shape index (κ1) is 23.0. The molecular weight excluding hydrogens is 456 g/mol. The number of carbonyl (C=O) groups excluding carboxylic acids is 1. The molecule has 1 unspecified atom stereocenters. The van der Waals surface area contributed by atoms with Crippen LogP contribution >= 0.6 is 0 Å². The molecule has 4 heterocycles. The van der Waals surface area contributed by atoms with Gasteiger partial charge in [-0.15, -0.1) is 0 Å². The molecule has 2 fully saturated rings. The summed E-state index contributed by atoms with van der Waals surface area (Å²) in [6.45, 7) is 2.99. The lowest BCUT2D eigenvalue weighted by molar-refractivity contribution is 0.0599. The van der Waals surface area contributed by atoms with Crippen molar-refractivity contribution in [2.24, 2.45) is 0 Å². The number of aromatic nitrogens is 2. The van der Waals surface area contributed by atoms with Gasteiger partial charge in [-0.05, 0) is 31.0 Å². The van der Waals surface area contributed by atoms with E-state index in [-0.39, 0.29) is 18.1 Å². The van der Waals surface area contributed by atoms with Crippen molar-refractivity contribution in [2.45, 2.75) is 49.1 Å². The molecule has 0 radical (unpaired) electrons. The number of nitrogens with zero attached hydrogens (tertiary/aromatic N) is 3. The van der Waals surface area contributed by atoms with Gasteiger partial charge in [0.25, 0.3) is 0 Å². The van der Waals surface area contributed by atoms with Crippen LogP contribution in [0.2, 0.25) is 0 Å². The van der Waals surface area contributed by atoms with Crippen molar-refractivity contribution < 1.29 is 23.2 Å². The number of esters is 1. The maximum absolute atomic E-state index is 12.6. The number of anilines is 2. The summed E-state index contributed by atoms with van der Waals surface area (Å²) in [5.74, 6) is 2.32. The zero-order chi connectivity index (χ0) is 23.5. The first-order valence-corrected chi connectivity index (χ1v) is 13.2. The summed E-state index contributed by atoms with van der Waals surface area (Å²) in [7, 11) is 0.318. The van der Waals surface area contributed by atoms with Crippen LogP contribution < -0.4 is 15.0 Å². The van der Waals surface area contributed by atoms with E-state index in [1.165, 1.54) is 7.11 Å². The Kier molecular flexibility index (Phi) is 6.96. The van der Waals surface area contributed by atoms with Gasteiger partial charge in [0.1, 0.15) is 22.6 Å². The molecule has 0 aliphatic carbocycles. The number of rotatable bonds is 6. The Labute approximate surface area is 201 Å². The number of carbonyl (C=O) groups is 1. The molecule has 0 amide bonds. The number of hydrogen-bond donors (Lipinski definition) is 1. The van der Waals surface area contributed by atoms with E-state index in [0.29, 0.717) is 23.0 Å². The summed E-state index contributed by atoms with van der Waals surface area (Å²) in [6, 6.07) is 7.36. The lowest BCUT2D eigenvalue weighted by Gasteiger charge is -2.33. The van der Waals surface area contributed by atoms with Gasteiger partial charge >= 0.3 is 5.97 Å². The lowest BCUT2D eigenvalue weighted by atomic mass is 10.1. The van der Waals surface area contributed by atoms with E-state index in [1.54, 1.807) is 18.2 Å². The second kappa shape index (κ2) is 10.3. The zero-order valence-corrected chi connectivity index (χ0v) is 20.1. The Balaban J connectivity index is 1.26. The number of nitrogens with one attached hydrogen (secondary N) is 1. The lowest BCUT2D eigenvalue weighted by Crippen LogP contribution is -2.39. The van der Waals surface area contributed by atoms with E-state index in [0.717, 1.165) is 74.8 Å². The second-order valence-electron chi connectivity index (χ2n) is 8.80. The minimum atomic E-state index is -1.05. The Morgan fingerprint density at radius 3 is 2.74 bits per heavy atom. The van der Waals surface area contributed by atoms with Crippen molar-refractivity contribution in [3.05, 3.63) is 35.5 Å². The molecule has 1 aromatic carbocycles. The van der Waals surface area contributed by atoms with Gasteiger partial charge in [-0.3, -0.25) is 4.21 Å². The predicted molar refractivity (Wildman–Crippen MR) is 128 cm³/mol. The molecule has 34 heavy (non-hydrogen) atoms. The van der Waals surface area contributed by atoms with Crippen molar-refractivity contribution in [3.63, 3.8) is 0 Å². The fraction of sp³-hybridized carbons (Fsp3) is 0.542. The first-order chi connectivity index (χ1) is 16.6. The Morgan fingerprint density at radius 1 is 1.18 bits per heavy atom. The third kappa shape index (κ3) is 5.02. The van der Waals surface area contributed by atoms with Gasteiger partial charge in [-0.25, -0.2) is 9.78 Å². The number of benzene rings is 1. The van der Waals surface area contributed by atoms with Gasteiger partial charge in [-0.2, -0.15) is 4.98 Å². The van der Waals surface area contributed by atoms with E-state index in [2.05, 4.69) is 10.2 Å². The number of piperidine rings is 1. The van der Waals surface area contributed by atoms with Crippen LogP contribution in [0, 0.1) is 0 Å². The highest BCUT2D eigenvalue weighted by molar-refractivity contribution is 7.85. The van der Waals surface area contributed by atoms with Gasteiger partial charge in [-0.1, -0.05) is 6.07 Å². The van der Waals surface area contributed by atoms with Crippen LogP contribution in [0.25, 0.3) is 0 Å².